The smallest absolute Gasteiger partial charge is 0.242 e. The molecule has 2 rings (SSSR count). The molecule has 1 aromatic heterocycles. The van der Waals surface area contributed by atoms with Gasteiger partial charge in [-0.15, -0.1) is 0 Å². The molecule has 0 spiro atoms. The number of hydrogen-bond acceptors (Lipinski definition) is 3. The molecule has 2 unspecified atom stereocenters. The number of aliphatic hydroxyl groups excluding tert-OH is 1. The Morgan fingerprint density at radius 1 is 1.40 bits per heavy atom. The van der Waals surface area contributed by atoms with Crippen molar-refractivity contribution < 1.29 is 19.6 Å². The molecule has 5 heteroatoms. The van der Waals surface area contributed by atoms with E-state index in [1.54, 1.807) is 0 Å². The number of aryl methyl sites for hydroxylation is 1. The van der Waals surface area contributed by atoms with Gasteiger partial charge in [0.15, 0.2) is 0 Å². The summed E-state index contributed by atoms with van der Waals surface area (Å²) in [6.07, 6.45) is 4.62. The highest BCUT2D eigenvalue weighted by Crippen LogP contribution is 2.12. The summed E-state index contributed by atoms with van der Waals surface area (Å²) in [5.74, 6) is -1.44. The quantitative estimate of drug-likeness (QED) is 0.793. The number of carbonyl (C=O) groups is 1. The molecule has 2 atom stereocenters. The van der Waals surface area contributed by atoms with Gasteiger partial charge in [0.1, 0.15) is 18.4 Å². The topological polar surface area (TPSA) is 80.0 Å². The number of nitrogens with one attached hydrogen (secondary N) is 1. The average molecular weight is 276 g/mol. The van der Waals surface area contributed by atoms with Crippen LogP contribution in [0.5, 0.6) is 0 Å². The molecule has 0 aliphatic carbocycles. The van der Waals surface area contributed by atoms with Crippen LogP contribution in [0.2, 0.25) is 0 Å². The van der Waals surface area contributed by atoms with Crippen molar-refractivity contribution >= 4 is 5.97 Å². The van der Waals surface area contributed by atoms with Gasteiger partial charge < -0.3 is 15.0 Å². The summed E-state index contributed by atoms with van der Waals surface area (Å²) in [7, 11) is 0. The number of aromatic amines is 1. The molecule has 0 radical (unpaired) electrons. The second-order valence-corrected chi connectivity index (χ2v) is 4.64. The summed E-state index contributed by atoms with van der Waals surface area (Å²) in [5.41, 5.74) is 2.65. The van der Waals surface area contributed by atoms with Crippen LogP contribution in [-0.4, -0.2) is 22.2 Å². The molecular formula is C15H20N2O3. The Labute approximate surface area is 118 Å². The largest absolute Gasteiger partial charge is 0.547 e. The minimum atomic E-state index is -1.44. The third-order valence-electron chi connectivity index (χ3n) is 2.88. The Kier molecular flexibility index (Phi) is 5.93. The number of H-pyrrole nitrogens is 1. The Hall–Kier alpha value is -2.14. The monoisotopic (exact) mass is 276 g/mol. The van der Waals surface area contributed by atoms with Crippen molar-refractivity contribution in [2.75, 3.05) is 0 Å². The van der Waals surface area contributed by atoms with Crippen LogP contribution < -0.4 is 9.67 Å². The first-order chi connectivity index (χ1) is 9.41. The minimum Gasteiger partial charge on any atom is -0.547 e. The van der Waals surface area contributed by atoms with Crippen molar-refractivity contribution in [2.24, 2.45) is 0 Å². The van der Waals surface area contributed by atoms with Crippen molar-refractivity contribution in [3.8, 4) is 0 Å². The van der Waals surface area contributed by atoms with Crippen molar-refractivity contribution in [3.05, 3.63) is 54.1 Å². The maximum absolute atomic E-state index is 9.34. The predicted molar refractivity (Wildman–Crippen MR) is 72.7 cm³/mol. The van der Waals surface area contributed by atoms with Crippen molar-refractivity contribution in [3.63, 3.8) is 0 Å². The van der Waals surface area contributed by atoms with Crippen molar-refractivity contribution in [1.29, 1.82) is 0 Å². The maximum atomic E-state index is 9.34. The molecule has 0 aliphatic heterocycles. The Morgan fingerprint density at radius 2 is 2.05 bits per heavy atom. The number of aliphatic carboxylic acids is 1. The van der Waals surface area contributed by atoms with Crippen LogP contribution in [-0.2, 0) is 4.79 Å². The van der Waals surface area contributed by atoms with Gasteiger partial charge in [0.2, 0.25) is 6.33 Å². The Morgan fingerprint density at radius 3 is 2.50 bits per heavy atom. The lowest BCUT2D eigenvalue weighted by Crippen LogP contribution is -2.35. The summed E-state index contributed by atoms with van der Waals surface area (Å²) in [4.78, 5) is 12.4. The predicted octanol–water partition coefficient (Wildman–Crippen LogP) is 0.337. The molecular weight excluding hydrogens is 256 g/mol. The van der Waals surface area contributed by atoms with Crippen molar-refractivity contribution in [2.45, 2.75) is 32.9 Å². The molecule has 20 heavy (non-hydrogen) atoms. The van der Waals surface area contributed by atoms with E-state index in [1.807, 2.05) is 18.7 Å². The molecule has 1 heterocycles. The Bertz CT molecular complexity index is 536. The van der Waals surface area contributed by atoms with E-state index in [2.05, 4.69) is 47.7 Å². The lowest BCUT2D eigenvalue weighted by molar-refractivity contribution is -0.709. The zero-order valence-electron chi connectivity index (χ0n) is 11.9. The van der Waals surface area contributed by atoms with Crippen LogP contribution in [0.1, 0.15) is 31.0 Å². The zero-order valence-corrected chi connectivity index (χ0v) is 11.9. The molecule has 1 aromatic carbocycles. The fourth-order valence-electron chi connectivity index (χ4n) is 1.64. The Balaban J connectivity index is 0.000000286. The van der Waals surface area contributed by atoms with Crippen LogP contribution >= 0.6 is 0 Å². The highest BCUT2D eigenvalue weighted by atomic mass is 16.4. The first-order valence-electron chi connectivity index (χ1n) is 6.41. The van der Waals surface area contributed by atoms with E-state index < -0.39 is 12.1 Å². The fraction of sp³-hybridized carbons (Fsp3) is 0.333. The van der Waals surface area contributed by atoms with Crippen LogP contribution in [0.4, 0.5) is 0 Å². The summed E-state index contributed by atoms with van der Waals surface area (Å²) in [6, 6.07) is 9.01. The van der Waals surface area contributed by atoms with Gasteiger partial charge in [0.05, 0.1) is 12.1 Å². The number of hydrogen-bond donors (Lipinski definition) is 2. The van der Waals surface area contributed by atoms with Crippen LogP contribution in [0.3, 0.4) is 0 Å². The van der Waals surface area contributed by atoms with Crippen LogP contribution in [0.15, 0.2) is 43.0 Å². The summed E-state index contributed by atoms with van der Waals surface area (Å²) >= 11 is 0. The highest BCUT2D eigenvalue weighted by molar-refractivity contribution is 5.68. The van der Waals surface area contributed by atoms with E-state index in [1.165, 1.54) is 11.1 Å². The number of imidazole rings is 1. The molecule has 0 fully saturated rings. The second-order valence-electron chi connectivity index (χ2n) is 4.64. The molecule has 5 nitrogen and oxygen atoms in total. The number of carboxylic acids is 1. The van der Waals surface area contributed by atoms with Gasteiger partial charge in [0.25, 0.3) is 0 Å². The number of aliphatic hydroxyl groups is 1. The molecule has 0 amide bonds. The first kappa shape index (κ1) is 15.9. The molecule has 0 aliphatic rings. The molecule has 108 valence electrons. The molecule has 2 N–H and O–H groups in total. The van der Waals surface area contributed by atoms with Gasteiger partial charge >= 0.3 is 0 Å². The van der Waals surface area contributed by atoms with Gasteiger partial charge in [-0.2, -0.15) is 0 Å². The number of rotatable bonds is 3. The molecule has 0 saturated carbocycles. The van der Waals surface area contributed by atoms with E-state index in [0.29, 0.717) is 6.04 Å². The van der Waals surface area contributed by atoms with E-state index in [0.717, 1.165) is 6.92 Å². The zero-order chi connectivity index (χ0) is 15.1. The van der Waals surface area contributed by atoms with Gasteiger partial charge in [-0.3, -0.25) is 4.98 Å². The lowest BCUT2D eigenvalue weighted by Gasteiger charge is -2.08. The highest BCUT2D eigenvalue weighted by Gasteiger charge is 2.11. The molecule has 0 bridgehead atoms. The van der Waals surface area contributed by atoms with E-state index in [4.69, 9.17) is 5.11 Å². The van der Waals surface area contributed by atoms with E-state index in [9.17, 15) is 9.90 Å². The number of aromatic nitrogens is 2. The second kappa shape index (κ2) is 7.45. The third-order valence-corrected chi connectivity index (χ3v) is 2.88. The number of carbonyl (C=O) groups excluding carboxylic acids is 1. The molecule has 0 saturated heterocycles. The first-order valence-corrected chi connectivity index (χ1v) is 6.41. The number of carboxylic acid groups (broad SMARTS) is 1. The van der Waals surface area contributed by atoms with Gasteiger partial charge in [-0.05, 0) is 26.3 Å². The summed E-state index contributed by atoms with van der Waals surface area (Å²) < 4.78 is 2.16. The SMILES string of the molecule is CC(O)C(=O)[O-].Cc1cccc(C(C)[n+]2cc[nH]c2)c1. The van der Waals surface area contributed by atoms with Crippen LogP contribution in [0, 0.1) is 6.92 Å². The lowest BCUT2D eigenvalue weighted by atomic mass is 10.1. The van der Waals surface area contributed by atoms with Gasteiger partial charge in [-0.1, -0.05) is 29.8 Å². The van der Waals surface area contributed by atoms with Gasteiger partial charge in [0, 0.05) is 0 Å². The maximum Gasteiger partial charge on any atom is 0.242 e. The van der Waals surface area contributed by atoms with Crippen molar-refractivity contribution in [1.82, 2.24) is 4.98 Å². The number of nitrogens with zero attached hydrogens (tertiary/aromatic N) is 1. The third kappa shape index (κ3) is 4.85. The summed E-state index contributed by atoms with van der Waals surface area (Å²) in [5, 5.41) is 17.3. The normalized spacial score (nSPS) is 13.0. The minimum absolute atomic E-state index is 0.390. The molecule has 2 aromatic rings. The van der Waals surface area contributed by atoms with E-state index in [-0.39, 0.29) is 0 Å². The van der Waals surface area contributed by atoms with Gasteiger partial charge in [-0.25, -0.2) is 4.57 Å². The standard InChI is InChI=1S/C12H14N2.C3H6O3/c1-10-4-3-5-12(8-10)11(2)14-7-6-13-9-14;1-2(4)3(5)6/h3-9,11H,1-2H3;2,4H,1H3,(H,5,6). The van der Waals surface area contributed by atoms with Crippen LogP contribution in [0.25, 0.3) is 0 Å². The fourth-order valence-corrected chi connectivity index (χ4v) is 1.64. The summed E-state index contributed by atoms with van der Waals surface area (Å²) in [6.45, 7) is 5.45. The average Bonchev–Trinajstić information content (AvgIpc) is 2.92. The number of benzene rings is 1. The van der Waals surface area contributed by atoms with E-state index >= 15 is 0 Å².